The number of thiophene rings is 1. The lowest BCUT2D eigenvalue weighted by molar-refractivity contribution is -0.137. The average molecular weight is 457 g/mol. The Bertz CT molecular complexity index is 1150. The number of carbonyl (C=O) groups is 1. The fourth-order valence-electron chi connectivity index (χ4n) is 4.05. The van der Waals surface area contributed by atoms with Crippen molar-refractivity contribution in [3.8, 4) is 16.2 Å². The van der Waals surface area contributed by atoms with Crippen LogP contribution in [0.3, 0.4) is 0 Å². The van der Waals surface area contributed by atoms with Crippen LogP contribution in [0.4, 0.5) is 0 Å². The van der Waals surface area contributed by atoms with Crippen molar-refractivity contribution in [1.29, 1.82) is 0 Å². The summed E-state index contributed by atoms with van der Waals surface area (Å²) in [4.78, 5) is 13.1. The van der Waals surface area contributed by atoms with E-state index < -0.39 is 20.6 Å². The summed E-state index contributed by atoms with van der Waals surface area (Å²) in [6.07, 6.45) is 1.27. The van der Waals surface area contributed by atoms with Crippen LogP contribution in [-0.4, -0.2) is 25.2 Å². The minimum atomic E-state index is -3.53. The van der Waals surface area contributed by atoms with Gasteiger partial charge in [-0.25, -0.2) is 8.42 Å². The number of hydrogen-bond acceptors (Lipinski definition) is 5. The molecule has 0 aliphatic carbocycles. The quantitative estimate of drug-likeness (QED) is 0.524. The van der Waals surface area contributed by atoms with Crippen molar-refractivity contribution in [2.75, 3.05) is 5.75 Å². The highest BCUT2D eigenvalue weighted by Crippen LogP contribution is 2.47. The van der Waals surface area contributed by atoms with Crippen LogP contribution in [0, 0.1) is 0 Å². The summed E-state index contributed by atoms with van der Waals surface area (Å²) >= 11 is 1.37. The van der Waals surface area contributed by atoms with Crippen LogP contribution in [0.5, 0.6) is 5.75 Å². The first-order valence-electron chi connectivity index (χ1n) is 10.2. The molecule has 31 heavy (non-hydrogen) atoms. The lowest BCUT2D eigenvalue weighted by atomic mass is 9.95. The van der Waals surface area contributed by atoms with E-state index in [9.17, 15) is 18.3 Å². The van der Waals surface area contributed by atoms with E-state index in [1.165, 1.54) is 11.3 Å². The molecule has 1 aliphatic heterocycles. The minimum Gasteiger partial charge on any atom is -0.489 e. The molecule has 1 unspecified atom stereocenters. The second-order valence-electron chi connectivity index (χ2n) is 7.80. The SMILES string of the molecule is O=C(O)CC1(c2ccc(-c3ccc(OCc4ccccc4)cc3)s2)CCCCS1(=O)=O. The molecule has 1 fully saturated rings. The molecule has 0 amide bonds. The van der Waals surface area contributed by atoms with Crippen LogP contribution >= 0.6 is 11.3 Å². The van der Waals surface area contributed by atoms with Crippen LogP contribution in [0.25, 0.3) is 10.4 Å². The lowest BCUT2D eigenvalue weighted by Crippen LogP contribution is -2.41. The van der Waals surface area contributed by atoms with E-state index >= 15 is 0 Å². The van der Waals surface area contributed by atoms with E-state index in [2.05, 4.69) is 0 Å². The van der Waals surface area contributed by atoms with Gasteiger partial charge in [-0.15, -0.1) is 11.3 Å². The molecule has 0 bridgehead atoms. The van der Waals surface area contributed by atoms with E-state index in [4.69, 9.17) is 4.74 Å². The standard InChI is InChI=1S/C24H24O5S2/c25-23(26)16-24(14-4-5-15-31(24,27)28)22-13-12-21(30-22)19-8-10-20(11-9-19)29-17-18-6-2-1-3-7-18/h1-3,6-13H,4-5,14-17H2,(H,25,26). The van der Waals surface area contributed by atoms with Gasteiger partial charge in [0.15, 0.2) is 9.84 Å². The van der Waals surface area contributed by atoms with Gasteiger partial charge in [-0.05, 0) is 60.4 Å². The molecular formula is C24H24O5S2. The average Bonchev–Trinajstić information content (AvgIpc) is 3.25. The summed E-state index contributed by atoms with van der Waals surface area (Å²) < 4.78 is 30.4. The normalized spacial score (nSPS) is 20.3. The van der Waals surface area contributed by atoms with Crippen molar-refractivity contribution in [3.05, 3.63) is 77.2 Å². The number of rotatable bonds is 7. The third kappa shape index (κ3) is 4.52. The molecule has 1 atom stereocenters. The van der Waals surface area contributed by atoms with Crippen molar-refractivity contribution in [2.24, 2.45) is 0 Å². The summed E-state index contributed by atoms with van der Waals surface area (Å²) in [7, 11) is -3.53. The number of ether oxygens (including phenoxy) is 1. The Morgan fingerprint density at radius 3 is 2.42 bits per heavy atom. The first-order chi connectivity index (χ1) is 14.9. The Morgan fingerprint density at radius 2 is 1.74 bits per heavy atom. The molecule has 3 aromatic rings. The number of carboxylic acids is 1. The van der Waals surface area contributed by atoms with Crippen LogP contribution in [0.15, 0.2) is 66.7 Å². The Balaban J connectivity index is 1.55. The summed E-state index contributed by atoms with van der Waals surface area (Å²) in [6, 6.07) is 21.3. The van der Waals surface area contributed by atoms with Gasteiger partial charge in [-0.1, -0.05) is 36.8 Å². The topological polar surface area (TPSA) is 80.7 Å². The predicted octanol–water partition coefficient (Wildman–Crippen LogP) is 5.26. The molecule has 4 rings (SSSR count). The van der Waals surface area contributed by atoms with Gasteiger partial charge in [0, 0.05) is 9.75 Å². The first-order valence-corrected chi connectivity index (χ1v) is 12.7. The third-order valence-corrected chi connectivity index (χ3v) is 9.77. The van der Waals surface area contributed by atoms with Gasteiger partial charge in [0.1, 0.15) is 17.1 Å². The number of carboxylic acid groups (broad SMARTS) is 1. The fourth-order valence-corrected chi connectivity index (χ4v) is 7.83. The Labute approximate surface area is 186 Å². The highest BCUT2D eigenvalue weighted by molar-refractivity contribution is 7.92. The maximum Gasteiger partial charge on any atom is 0.305 e. The van der Waals surface area contributed by atoms with E-state index in [-0.39, 0.29) is 12.2 Å². The van der Waals surface area contributed by atoms with Crippen molar-refractivity contribution in [2.45, 2.75) is 37.0 Å². The van der Waals surface area contributed by atoms with Gasteiger partial charge in [-0.2, -0.15) is 0 Å². The molecule has 0 radical (unpaired) electrons. The molecule has 162 valence electrons. The van der Waals surface area contributed by atoms with E-state index in [1.54, 1.807) is 6.07 Å². The van der Waals surface area contributed by atoms with Gasteiger partial charge in [-0.3, -0.25) is 4.79 Å². The second kappa shape index (κ2) is 8.85. The fraction of sp³-hybridized carbons (Fsp3) is 0.292. The number of benzene rings is 2. The van der Waals surface area contributed by atoms with Crippen molar-refractivity contribution >= 4 is 27.1 Å². The van der Waals surface area contributed by atoms with Gasteiger partial charge in [0.25, 0.3) is 0 Å². The summed E-state index contributed by atoms with van der Waals surface area (Å²) in [6.45, 7) is 0.485. The Morgan fingerprint density at radius 1 is 1.00 bits per heavy atom. The molecular weight excluding hydrogens is 432 g/mol. The Hall–Kier alpha value is -2.64. The molecule has 0 spiro atoms. The van der Waals surface area contributed by atoms with Crippen LogP contribution in [0.1, 0.15) is 36.1 Å². The van der Waals surface area contributed by atoms with Gasteiger partial charge >= 0.3 is 5.97 Å². The Kier molecular flexibility index (Phi) is 6.16. The second-order valence-corrected chi connectivity index (χ2v) is 11.3. The van der Waals surface area contributed by atoms with Gasteiger partial charge in [0.05, 0.1) is 12.2 Å². The maximum absolute atomic E-state index is 12.9. The van der Waals surface area contributed by atoms with E-state index in [1.807, 2.05) is 60.7 Å². The molecule has 1 aliphatic rings. The zero-order valence-corrected chi connectivity index (χ0v) is 18.6. The predicted molar refractivity (Wildman–Crippen MR) is 122 cm³/mol. The summed E-state index contributed by atoms with van der Waals surface area (Å²) in [5, 5.41) is 9.44. The van der Waals surface area contributed by atoms with Crippen molar-refractivity contribution in [1.82, 2.24) is 0 Å². The van der Waals surface area contributed by atoms with Crippen molar-refractivity contribution in [3.63, 3.8) is 0 Å². The molecule has 7 heteroatoms. The molecule has 2 aromatic carbocycles. The van der Waals surface area contributed by atoms with E-state index in [0.29, 0.717) is 30.7 Å². The third-order valence-electron chi connectivity index (χ3n) is 5.72. The van der Waals surface area contributed by atoms with Crippen LogP contribution in [0.2, 0.25) is 0 Å². The largest absolute Gasteiger partial charge is 0.489 e. The van der Waals surface area contributed by atoms with Crippen LogP contribution < -0.4 is 4.74 Å². The molecule has 5 nitrogen and oxygen atoms in total. The zero-order valence-electron chi connectivity index (χ0n) is 17.0. The highest BCUT2D eigenvalue weighted by Gasteiger charge is 2.49. The summed E-state index contributed by atoms with van der Waals surface area (Å²) in [5.41, 5.74) is 2.04. The van der Waals surface area contributed by atoms with E-state index in [0.717, 1.165) is 21.8 Å². The van der Waals surface area contributed by atoms with Gasteiger partial charge in [0.2, 0.25) is 0 Å². The molecule has 2 heterocycles. The van der Waals surface area contributed by atoms with Crippen molar-refractivity contribution < 1.29 is 23.1 Å². The number of hydrogen-bond donors (Lipinski definition) is 1. The molecule has 0 saturated carbocycles. The smallest absolute Gasteiger partial charge is 0.305 e. The maximum atomic E-state index is 12.9. The number of sulfone groups is 1. The molecule has 1 aromatic heterocycles. The molecule has 1 saturated heterocycles. The minimum absolute atomic E-state index is 0.0426. The first kappa shape index (κ1) is 21.6. The van der Waals surface area contributed by atoms with Gasteiger partial charge < -0.3 is 9.84 Å². The zero-order chi connectivity index (χ0) is 21.9. The number of aliphatic carboxylic acids is 1. The summed E-state index contributed by atoms with van der Waals surface area (Å²) in [5.74, 6) is -0.289. The monoisotopic (exact) mass is 456 g/mol. The molecule has 1 N–H and O–H groups in total. The van der Waals surface area contributed by atoms with Crippen LogP contribution in [-0.2, 0) is 26.0 Å². The highest BCUT2D eigenvalue weighted by atomic mass is 32.2. The lowest BCUT2D eigenvalue weighted by Gasteiger charge is -2.34.